The molecule has 0 spiro atoms. The zero-order valence-electron chi connectivity index (χ0n) is 9.01. The Morgan fingerprint density at radius 2 is 1.35 bits per heavy atom. The zero-order valence-corrected chi connectivity index (χ0v) is 9.01. The van der Waals surface area contributed by atoms with Gasteiger partial charge in [-0.3, -0.25) is 0 Å². The predicted molar refractivity (Wildman–Crippen MR) is 66.5 cm³/mol. The van der Waals surface area contributed by atoms with Crippen molar-refractivity contribution in [2.75, 3.05) is 0 Å². The van der Waals surface area contributed by atoms with Gasteiger partial charge in [-0.2, -0.15) is 0 Å². The maximum absolute atomic E-state index is 11.1. The monoisotopic (exact) mass is 221 g/mol. The second kappa shape index (κ2) is 3.59. The number of rotatable bonds is 1. The number of carbonyl (C=O) groups is 1. The molecule has 3 aromatic carbocycles. The van der Waals surface area contributed by atoms with E-state index in [-0.39, 0.29) is 5.56 Å². The lowest BCUT2D eigenvalue weighted by Gasteiger charge is -2.06. The molecule has 3 rings (SSSR count). The van der Waals surface area contributed by atoms with Gasteiger partial charge in [0, 0.05) is 0 Å². The minimum atomic E-state index is -1.13. The Labute approximate surface area is 98.1 Å². The van der Waals surface area contributed by atoms with Gasteiger partial charge in [-0.05, 0) is 27.6 Å². The van der Waals surface area contributed by atoms with Crippen molar-refractivity contribution in [2.45, 2.75) is 0 Å². The summed E-state index contributed by atoms with van der Waals surface area (Å²) in [4.78, 5) is 11.1. The molecule has 0 atom stereocenters. The van der Waals surface area contributed by atoms with Crippen LogP contribution in [0.5, 0.6) is 0 Å². The van der Waals surface area contributed by atoms with E-state index in [1.807, 2.05) is 48.5 Å². The normalized spacial score (nSPS) is 10.8. The second-order valence-electron chi connectivity index (χ2n) is 3.98. The van der Waals surface area contributed by atoms with Crippen LogP contribution in [0.4, 0.5) is 0 Å². The molecule has 0 heterocycles. The van der Waals surface area contributed by atoms with Crippen molar-refractivity contribution in [1.29, 1.82) is 0 Å². The van der Waals surface area contributed by atoms with E-state index >= 15 is 0 Å². The largest absolute Gasteiger partial charge is 0.386 e. The van der Waals surface area contributed by atoms with E-state index < -0.39 is 5.97 Å². The first-order valence-corrected chi connectivity index (χ1v) is 5.39. The average Bonchev–Trinajstić information content (AvgIpc) is 2.37. The fourth-order valence-corrected chi connectivity index (χ4v) is 2.22. The van der Waals surface area contributed by atoms with Gasteiger partial charge in [-0.25, -0.2) is 9.90 Å². The molecule has 0 bridgehead atoms. The highest BCUT2D eigenvalue weighted by Crippen LogP contribution is 2.28. The van der Waals surface area contributed by atoms with Gasteiger partial charge < -0.3 is 0 Å². The van der Waals surface area contributed by atoms with Gasteiger partial charge >= 0.3 is 5.97 Å². The highest BCUT2D eigenvalue weighted by Gasteiger charge is 2.12. The van der Waals surface area contributed by atoms with Crippen molar-refractivity contribution in [3.05, 3.63) is 60.2 Å². The summed E-state index contributed by atoms with van der Waals surface area (Å²) in [5, 5.41) is 14.8. The van der Waals surface area contributed by atoms with Crippen molar-refractivity contribution in [3.63, 3.8) is 0 Å². The Balaban J connectivity index is 2.59. The number of benzene rings is 3. The third kappa shape index (κ3) is 1.46. The van der Waals surface area contributed by atoms with Crippen LogP contribution in [0.2, 0.25) is 0 Å². The summed E-state index contributed by atoms with van der Waals surface area (Å²) in [6, 6.07) is 16.9. The molecule has 17 heavy (non-hydrogen) atoms. The highest BCUT2D eigenvalue weighted by atomic mass is 16.4. The van der Waals surface area contributed by atoms with Gasteiger partial charge in [-0.1, -0.05) is 48.5 Å². The summed E-state index contributed by atoms with van der Waals surface area (Å²) >= 11 is 0. The summed E-state index contributed by atoms with van der Waals surface area (Å²) in [6.45, 7) is 0. The first-order chi connectivity index (χ1) is 8.27. The Morgan fingerprint density at radius 1 is 0.765 bits per heavy atom. The average molecular weight is 221 g/mol. The summed E-state index contributed by atoms with van der Waals surface area (Å²) in [7, 11) is 0. The van der Waals surface area contributed by atoms with E-state index in [1.54, 1.807) is 6.07 Å². The molecule has 3 aromatic rings. The zero-order chi connectivity index (χ0) is 11.8. The molecule has 0 aromatic heterocycles. The van der Waals surface area contributed by atoms with Crippen molar-refractivity contribution >= 4 is 27.5 Å². The molecule has 0 amide bonds. The Morgan fingerprint density at radius 3 is 2.06 bits per heavy atom. The van der Waals surface area contributed by atoms with Crippen LogP contribution in [0.15, 0.2) is 54.6 Å². The van der Waals surface area contributed by atoms with Gasteiger partial charge in [0.1, 0.15) is 0 Å². The van der Waals surface area contributed by atoms with Crippen molar-refractivity contribution in [2.24, 2.45) is 0 Å². The fourth-order valence-electron chi connectivity index (χ4n) is 2.22. The summed E-state index contributed by atoms with van der Waals surface area (Å²) in [5.41, 5.74) is 0.249. The van der Waals surface area contributed by atoms with Crippen LogP contribution >= 0.6 is 0 Å². The Kier molecular flexibility index (Phi) is 2.08. The quantitative estimate of drug-likeness (QED) is 0.579. The summed E-state index contributed by atoms with van der Waals surface area (Å²) < 4.78 is 0. The lowest BCUT2D eigenvalue weighted by molar-refractivity contribution is 0.0575. The van der Waals surface area contributed by atoms with Crippen LogP contribution in [0.3, 0.4) is 0 Å². The molecular weight excluding hydrogens is 212 g/mol. The molecule has 0 aliphatic rings. The van der Waals surface area contributed by atoms with Gasteiger partial charge in [0.25, 0.3) is 0 Å². The second-order valence-corrected chi connectivity index (χ2v) is 3.98. The molecule has 2 heteroatoms. The van der Waals surface area contributed by atoms with E-state index in [4.69, 9.17) is 0 Å². The smallest absolute Gasteiger partial charge is 0.241 e. The number of hydrogen-bond acceptors (Lipinski definition) is 1. The molecule has 2 nitrogen and oxygen atoms in total. The highest BCUT2D eigenvalue weighted by molar-refractivity contribution is 6.15. The molecule has 0 unspecified atom stereocenters. The van der Waals surface area contributed by atoms with Crippen molar-refractivity contribution in [3.8, 4) is 0 Å². The Bertz CT molecular complexity index is 729. The molecule has 0 saturated heterocycles. The number of hydrogen-bond donors (Lipinski definition) is 0. The SMILES string of the molecule is [O]C(=O)c1cc2ccccc2c2ccccc12. The van der Waals surface area contributed by atoms with Crippen LogP contribution in [-0.4, -0.2) is 5.97 Å². The van der Waals surface area contributed by atoms with Crippen molar-refractivity contribution < 1.29 is 9.90 Å². The summed E-state index contributed by atoms with van der Waals surface area (Å²) in [5.74, 6) is -1.13. The maximum Gasteiger partial charge on any atom is 0.386 e. The van der Waals surface area contributed by atoms with Crippen LogP contribution in [0, 0.1) is 0 Å². The van der Waals surface area contributed by atoms with Gasteiger partial charge in [0.05, 0.1) is 5.56 Å². The lowest BCUT2D eigenvalue weighted by atomic mass is 9.97. The van der Waals surface area contributed by atoms with Crippen LogP contribution in [0.25, 0.3) is 21.5 Å². The standard InChI is InChI=1S/C15H9O2/c16-15(17)14-9-10-5-1-2-6-11(10)12-7-3-4-8-13(12)14/h1-9H. The third-order valence-corrected chi connectivity index (χ3v) is 2.99. The van der Waals surface area contributed by atoms with Gasteiger partial charge in [0.2, 0.25) is 0 Å². The predicted octanol–water partition coefficient (Wildman–Crippen LogP) is 3.56. The first kappa shape index (κ1) is 9.85. The summed E-state index contributed by atoms with van der Waals surface area (Å²) in [6.07, 6.45) is 0. The van der Waals surface area contributed by atoms with Gasteiger partial charge in [-0.15, -0.1) is 0 Å². The maximum atomic E-state index is 11.1. The van der Waals surface area contributed by atoms with E-state index in [2.05, 4.69) is 0 Å². The van der Waals surface area contributed by atoms with Crippen LogP contribution in [-0.2, 0) is 5.11 Å². The Hall–Kier alpha value is -2.35. The van der Waals surface area contributed by atoms with Crippen LogP contribution < -0.4 is 0 Å². The number of fused-ring (bicyclic) bond motifs is 3. The molecule has 0 N–H and O–H groups in total. The minimum absolute atomic E-state index is 0.249. The molecule has 0 fully saturated rings. The fraction of sp³-hybridized carbons (Fsp3) is 0. The topological polar surface area (TPSA) is 37.0 Å². The van der Waals surface area contributed by atoms with E-state index in [1.165, 1.54) is 0 Å². The van der Waals surface area contributed by atoms with Crippen LogP contribution in [0.1, 0.15) is 10.4 Å². The van der Waals surface area contributed by atoms with Gasteiger partial charge in [0.15, 0.2) is 0 Å². The minimum Gasteiger partial charge on any atom is -0.241 e. The molecular formula is C15H9O2. The van der Waals surface area contributed by atoms with E-state index in [9.17, 15) is 9.90 Å². The van der Waals surface area contributed by atoms with Crippen molar-refractivity contribution in [1.82, 2.24) is 0 Å². The lowest BCUT2D eigenvalue weighted by Crippen LogP contribution is -1.96. The molecule has 0 aliphatic heterocycles. The molecule has 0 aliphatic carbocycles. The van der Waals surface area contributed by atoms with E-state index in [0.717, 1.165) is 21.5 Å². The molecule has 0 saturated carbocycles. The molecule has 81 valence electrons. The third-order valence-electron chi connectivity index (χ3n) is 2.99. The first-order valence-electron chi connectivity index (χ1n) is 5.39. The molecule has 1 radical (unpaired) electrons. The van der Waals surface area contributed by atoms with E-state index in [0.29, 0.717) is 0 Å². The number of carbonyl (C=O) groups excluding carboxylic acids is 1.